The van der Waals surface area contributed by atoms with Crippen LogP contribution in [0.25, 0.3) is 0 Å². The van der Waals surface area contributed by atoms with Crippen LogP contribution in [0.4, 0.5) is 0 Å². The summed E-state index contributed by atoms with van der Waals surface area (Å²) >= 11 is 0. The van der Waals surface area contributed by atoms with Crippen molar-refractivity contribution in [1.29, 1.82) is 0 Å². The molecular weight excluding hydrogens is 336 g/mol. The highest BCUT2D eigenvalue weighted by atomic mass is 16.3. The molecule has 4 nitrogen and oxygen atoms in total. The van der Waals surface area contributed by atoms with Crippen LogP contribution < -0.4 is 5.32 Å². The van der Waals surface area contributed by atoms with E-state index in [9.17, 15) is 9.90 Å². The third kappa shape index (κ3) is 4.33. The van der Waals surface area contributed by atoms with Gasteiger partial charge in [0, 0.05) is 23.9 Å². The maximum atomic E-state index is 12.7. The molecule has 2 N–H and O–H groups in total. The van der Waals surface area contributed by atoms with E-state index in [2.05, 4.69) is 29.3 Å². The number of likely N-dealkylation sites (N-methyl/N-ethyl adjacent to an activating group) is 1. The standard InChI is InChI=1S/C23H30N2O2/c1-16-12-20(26)11-10-17(16)13-19(25(3)4)15-24-22(27)21-14-23(21,2)18-8-6-5-7-9-18/h5-12,19,21,26H,13-15H2,1-4H3,(H,24,27)/t19?,21-,23-/m0/s1. The predicted molar refractivity (Wildman–Crippen MR) is 109 cm³/mol. The van der Waals surface area contributed by atoms with Crippen molar-refractivity contribution in [3.8, 4) is 5.75 Å². The van der Waals surface area contributed by atoms with Crippen LogP contribution in [-0.2, 0) is 16.6 Å². The highest BCUT2D eigenvalue weighted by molar-refractivity contribution is 5.84. The minimum absolute atomic E-state index is 0.0352. The second-order valence-electron chi connectivity index (χ2n) is 8.22. The smallest absolute Gasteiger partial charge is 0.224 e. The molecule has 1 fully saturated rings. The number of carbonyl (C=O) groups is 1. The van der Waals surface area contributed by atoms with Crippen LogP contribution >= 0.6 is 0 Å². The number of aromatic hydroxyl groups is 1. The number of rotatable bonds is 7. The number of aryl methyl sites for hydroxylation is 1. The lowest BCUT2D eigenvalue weighted by molar-refractivity contribution is -0.122. The van der Waals surface area contributed by atoms with Crippen LogP contribution in [-0.4, -0.2) is 42.6 Å². The number of carbonyl (C=O) groups excluding carboxylic acids is 1. The summed E-state index contributed by atoms with van der Waals surface area (Å²) < 4.78 is 0. The molecule has 0 radical (unpaired) electrons. The third-order valence-corrected chi connectivity index (χ3v) is 6.01. The van der Waals surface area contributed by atoms with E-state index in [1.165, 1.54) is 11.1 Å². The zero-order valence-corrected chi connectivity index (χ0v) is 16.7. The molecule has 3 atom stereocenters. The average molecular weight is 367 g/mol. The van der Waals surface area contributed by atoms with E-state index in [-0.39, 0.29) is 23.3 Å². The van der Waals surface area contributed by atoms with Gasteiger partial charge in [0.15, 0.2) is 0 Å². The Morgan fingerprint density at radius 1 is 1.26 bits per heavy atom. The number of benzene rings is 2. The van der Waals surface area contributed by atoms with Gasteiger partial charge in [-0.3, -0.25) is 4.79 Å². The molecule has 0 saturated heterocycles. The molecule has 1 unspecified atom stereocenters. The largest absolute Gasteiger partial charge is 0.508 e. The number of phenols is 1. The zero-order chi connectivity index (χ0) is 19.6. The summed E-state index contributed by atoms with van der Waals surface area (Å²) in [7, 11) is 4.08. The maximum absolute atomic E-state index is 12.7. The van der Waals surface area contributed by atoms with E-state index in [1.807, 2.05) is 45.3 Å². The van der Waals surface area contributed by atoms with Gasteiger partial charge in [-0.1, -0.05) is 43.3 Å². The van der Waals surface area contributed by atoms with Crippen LogP contribution in [0.15, 0.2) is 48.5 Å². The molecule has 2 aromatic carbocycles. The van der Waals surface area contributed by atoms with Gasteiger partial charge in [-0.2, -0.15) is 0 Å². The van der Waals surface area contributed by atoms with Crippen LogP contribution in [0.5, 0.6) is 5.75 Å². The predicted octanol–water partition coefficient (Wildman–Crippen LogP) is 3.27. The molecule has 4 heteroatoms. The number of phenolic OH excluding ortho intramolecular Hbond substituents is 1. The van der Waals surface area contributed by atoms with Crippen molar-refractivity contribution in [1.82, 2.24) is 10.2 Å². The van der Waals surface area contributed by atoms with Crippen LogP contribution in [0.2, 0.25) is 0 Å². The Morgan fingerprint density at radius 3 is 2.59 bits per heavy atom. The molecule has 0 heterocycles. The van der Waals surface area contributed by atoms with Crippen molar-refractivity contribution in [2.24, 2.45) is 5.92 Å². The van der Waals surface area contributed by atoms with Crippen molar-refractivity contribution in [3.63, 3.8) is 0 Å². The molecule has 3 rings (SSSR count). The molecular formula is C23H30N2O2. The van der Waals surface area contributed by atoms with Crippen molar-refractivity contribution in [2.45, 2.75) is 38.1 Å². The van der Waals surface area contributed by atoms with Crippen molar-refractivity contribution >= 4 is 5.91 Å². The molecule has 0 aromatic heterocycles. The van der Waals surface area contributed by atoms with Gasteiger partial charge in [-0.05, 0) is 62.7 Å². The third-order valence-electron chi connectivity index (χ3n) is 6.01. The Balaban J connectivity index is 1.59. The molecule has 2 aromatic rings. The van der Waals surface area contributed by atoms with E-state index in [0.29, 0.717) is 12.3 Å². The second-order valence-corrected chi connectivity index (χ2v) is 8.22. The summed E-state index contributed by atoms with van der Waals surface area (Å²) in [6.07, 6.45) is 1.74. The fourth-order valence-electron chi connectivity index (χ4n) is 3.83. The Morgan fingerprint density at radius 2 is 1.96 bits per heavy atom. The fourth-order valence-corrected chi connectivity index (χ4v) is 3.83. The SMILES string of the molecule is Cc1cc(O)ccc1CC(CNC(=O)[C@@H]1C[C@@]1(C)c1ccccc1)N(C)C. The quantitative estimate of drug-likeness (QED) is 0.791. The Labute approximate surface area is 162 Å². The second kappa shape index (κ2) is 7.73. The normalized spacial score (nSPS) is 22.5. The summed E-state index contributed by atoms with van der Waals surface area (Å²) in [4.78, 5) is 14.9. The number of hydrogen-bond acceptors (Lipinski definition) is 3. The lowest BCUT2D eigenvalue weighted by atomic mass is 9.95. The van der Waals surface area contributed by atoms with E-state index >= 15 is 0 Å². The van der Waals surface area contributed by atoms with Crippen molar-refractivity contribution in [3.05, 3.63) is 65.2 Å². The number of amides is 1. The van der Waals surface area contributed by atoms with E-state index in [1.54, 1.807) is 12.1 Å². The molecule has 0 aliphatic heterocycles. The highest BCUT2D eigenvalue weighted by Crippen LogP contribution is 2.53. The highest BCUT2D eigenvalue weighted by Gasteiger charge is 2.55. The minimum Gasteiger partial charge on any atom is -0.508 e. The van der Waals surface area contributed by atoms with Crippen LogP contribution in [0.1, 0.15) is 30.0 Å². The van der Waals surface area contributed by atoms with Gasteiger partial charge in [0.05, 0.1) is 0 Å². The first kappa shape index (κ1) is 19.4. The lowest BCUT2D eigenvalue weighted by Crippen LogP contribution is -2.42. The van der Waals surface area contributed by atoms with Crippen LogP contribution in [0.3, 0.4) is 0 Å². The molecule has 1 aliphatic rings. The van der Waals surface area contributed by atoms with Gasteiger partial charge < -0.3 is 15.3 Å². The monoisotopic (exact) mass is 366 g/mol. The van der Waals surface area contributed by atoms with E-state index < -0.39 is 0 Å². The molecule has 1 amide bonds. The summed E-state index contributed by atoms with van der Waals surface area (Å²) in [5.74, 6) is 0.494. The van der Waals surface area contributed by atoms with Gasteiger partial charge in [0.2, 0.25) is 5.91 Å². The molecule has 1 saturated carbocycles. The topological polar surface area (TPSA) is 52.6 Å². The van der Waals surface area contributed by atoms with Crippen molar-refractivity contribution < 1.29 is 9.90 Å². The summed E-state index contributed by atoms with van der Waals surface area (Å²) in [6, 6.07) is 16.0. The first-order valence-electron chi connectivity index (χ1n) is 9.59. The molecule has 144 valence electrons. The molecule has 0 bridgehead atoms. The molecule has 1 aliphatic carbocycles. The maximum Gasteiger partial charge on any atom is 0.224 e. The first-order valence-corrected chi connectivity index (χ1v) is 9.59. The zero-order valence-electron chi connectivity index (χ0n) is 16.7. The summed E-state index contributed by atoms with van der Waals surface area (Å²) in [6.45, 7) is 4.80. The van der Waals surface area contributed by atoms with Crippen molar-refractivity contribution in [2.75, 3.05) is 20.6 Å². The number of nitrogens with one attached hydrogen (secondary N) is 1. The van der Waals surface area contributed by atoms with Gasteiger partial charge in [0.1, 0.15) is 5.75 Å². The summed E-state index contributed by atoms with van der Waals surface area (Å²) in [5, 5.41) is 12.8. The van der Waals surface area contributed by atoms with E-state index in [4.69, 9.17) is 0 Å². The van der Waals surface area contributed by atoms with E-state index in [0.717, 1.165) is 18.4 Å². The number of nitrogens with zero attached hydrogens (tertiary/aromatic N) is 1. The Hall–Kier alpha value is -2.33. The van der Waals surface area contributed by atoms with Gasteiger partial charge in [0.25, 0.3) is 0 Å². The molecule has 0 spiro atoms. The minimum atomic E-state index is -0.0352. The lowest BCUT2D eigenvalue weighted by Gasteiger charge is -2.25. The van der Waals surface area contributed by atoms with Gasteiger partial charge in [-0.25, -0.2) is 0 Å². The molecule has 27 heavy (non-hydrogen) atoms. The Kier molecular flexibility index (Phi) is 5.56. The summed E-state index contributed by atoms with van der Waals surface area (Å²) in [5.41, 5.74) is 3.48. The van der Waals surface area contributed by atoms with Gasteiger partial charge >= 0.3 is 0 Å². The first-order chi connectivity index (χ1) is 12.8. The number of hydrogen-bond donors (Lipinski definition) is 2. The van der Waals surface area contributed by atoms with Crippen LogP contribution in [0, 0.1) is 12.8 Å². The average Bonchev–Trinajstić information content (AvgIpc) is 3.34. The van der Waals surface area contributed by atoms with Gasteiger partial charge in [-0.15, -0.1) is 0 Å². The fraction of sp³-hybridized carbons (Fsp3) is 0.435. The Bertz CT molecular complexity index is 803.